The summed E-state index contributed by atoms with van der Waals surface area (Å²) in [6.45, 7) is -0.120. The van der Waals surface area contributed by atoms with Crippen molar-refractivity contribution in [2.45, 2.75) is 36.9 Å². The van der Waals surface area contributed by atoms with Gasteiger partial charge >= 0.3 is 13.6 Å². The van der Waals surface area contributed by atoms with Crippen molar-refractivity contribution < 1.29 is 33.0 Å². The lowest BCUT2D eigenvalue weighted by molar-refractivity contribution is -0.145. The lowest BCUT2D eigenvalue weighted by Crippen LogP contribution is -2.58. The molecule has 0 heterocycles. The Labute approximate surface area is 135 Å². The number of hydrogen-bond donors (Lipinski definition) is 2. The molecule has 132 valence electrons. The number of ether oxygens (including phenoxy) is 1. The summed E-state index contributed by atoms with van der Waals surface area (Å²) in [7, 11) is -0.320. The Morgan fingerprint density at radius 2 is 2.00 bits per heavy atom. The van der Waals surface area contributed by atoms with Crippen LogP contribution in [0, 0.1) is 0 Å². The molecule has 0 fully saturated rings. The SMILES string of the molecule is COC(=O)[C@]1(P(=O)(OC)OC)CCC=C[C@@H]1NC(=O)CCCO. The molecule has 2 atom stereocenters. The highest BCUT2D eigenvalue weighted by Crippen LogP contribution is 2.63. The summed E-state index contributed by atoms with van der Waals surface area (Å²) in [4.78, 5) is 24.5. The Morgan fingerprint density at radius 1 is 1.35 bits per heavy atom. The van der Waals surface area contributed by atoms with E-state index in [0.717, 1.165) is 0 Å². The van der Waals surface area contributed by atoms with Crippen LogP contribution in [-0.4, -0.2) is 56.1 Å². The predicted molar refractivity (Wildman–Crippen MR) is 83.0 cm³/mol. The predicted octanol–water partition coefficient (Wildman–Crippen LogP) is 0.991. The van der Waals surface area contributed by atoms with E-state index >= 15 is 0 Å². The van der Waals surface area contributed by atoms with E-state index in [1.807, 2.05) is 0 Å². The first-order valence-corrected chi connectivity index (χ1v) is 8.83. The molecule has 1 amide bonds. The van der Waals surface area contributed by atoms with Gasteiger partial charge in [0.2, 0.25) is 5.91 Å². The van der Waals surface area contributed by atoms with Gasteiger partial charge in [0.1, 0.15) is 0 Å². The molecule has 0 radical (unpaired) electrons. The molecule has 0 aromatic carbocycles. The molecule has 1 aliphatic carbocycles. The van der Waals surface area contributed by atoms with E-state index in [1.165, 1.54) is 21.3 Å². The third-order valence-electron chi connectivity index (χ3n) is 3.92. The molecule has 0 aliphatic heterocycles. The number of amides is 1. The van der Waals surface area contributed by atoms with Crippen molar-refractivity contribution in [1.82, 2.24) is 5.32 Å². The summed E-state index contributed by atoms with van der Waals surface area (Å²) in [6.07, 6.45) is 4.38. The number of rotatable bonds is 8. The highest BCUT2D eigenvalue weighted by Gasteiger charge is 2.62. The number of carbonyl (C=O) groups is 2. The minimum absolute atomic E-state index is 0.0857. The van der Waals surface area contributed by atoms with E-state index in [-0.39, 0.29) is 25.4 Å². The Kier molecular flexibility index (Phi) is 7.41. The maximum Gasteiger partial charge on any atom is 0.349 e. The average Bonchev–Trinajstić information content (AvgIpc) is 2.58. The second kappa shape index (κ2) is 8.59. The molecule has 0 aromatic rings. The fraction of sp³-hybridized carbons (Fsp3) is 0.714. The second-order valence-corrected chi connectivity index (χ2v) is 7.64. The number of allylic oxidation sites excluding steroid dienone is 1. The standard InChI is InChI=1S/C14H24NO7P/c1-20-13(18)14(23(19,21-2)22-3)9-5-4-7-11(14)15-12(17)8-6-10-16/h4,7,11,16H,5-6,8-10H2,1-3H3,(H,15,17)/t11-,14-/m0/s1. The van der Waals surface area contributed by atoms with Crippen molar-refractivity contribution in [3.63, 3.8) is 0 Å². The van der Waals surface area contributed by atoms with Crippen LogP contribution in [0.5, 0.6) is 0 Å². The molecule has 2 N–H and O–H groups in total. The molecule has 1 aliphatic rings. The molecule has 23 heavy (non-hydrogen) atoms. The van der Waals surface area contributed by atoms with Gasteiger partial charge in [-0.2, -0.15) is 0 Å². The Bertz CT molecular complexity index is 499. The van der Waals surface area contributed by atoms with Crippen LogP contribution in [0.1, 0.15) is 25.7 Å². The highest BCUT2D eigenvalue weighted by atomic mass is 31.2. The molecule has 0 aromatic heterocycles. The lowest BCUT2D eigenvalue weighted by Gasteiger charge is -2.41. The van der Waals surface area contributed by atoms with E-state index in [2.05, 4.69) is 5.32 Å². The van der Waals surface area contributed by atoms with Gasteiger partial charge in [0.05, 0.1) is 13.2 Å². The largest absolute Gasteiger partial charge is 0.468 e. The number of carbonyl (C=O) groups excluding carboxylic acids is 2. The number of esters is 1. The first-order valence-electron chi connectivity index (χ1n) is 7.28. The topological polar surface area (TPSA) is 111 Å². The minimum Gasteiger partial charge on any atom is -0.468 e. The molecule has 0 bridgehead atoms. The van der Waals surface area contributed by atoms with E-state index in [4.69, 9.17) is 18.9 Å². The Balaban J connectivity index is 3.24. The molecule has 0 saturated heterocycles. The third-order valence-corrected chi connectivity index (χ3v) is 6.55. The summed E-state index contributed by atoms with van der Waals surface area (Å²) >= 11 is 0. The van der Waals surface area contributed by atoms with Crippen molar-refractivity contribution in [3.8, 4) is 0 Å². The van der Waals surface area contributed by atoms with E-state index in [9.17, 15) is 14.2 Å². The van der Waals surface area contributed by atoms with Crippen molar-refractivity contribution in [2.24, 2.45) is 0 Å². The zero-order valence-electron chi connectivity index (χ0n) is 13.6. The number of aliphatic hydroxyl groups is 1. The zero-order chi connectivity index (χ0) is 17.5. The first-order chi connectivity index (χ1) is 10.9. The van der Waals surface area contributed by atoms with Crippen LogP contribution in [0.15, 0.2) is 12.2 Å². The Hall–Kier alpha value is -1.21. The van der Waals surface area contributed by atoms with Gasteiger partial charge in [-0.15, -0.1) is 0 Å². The van der Waals surface area contributed by atoms with Crippen molar-refractivity contribution in [2.75, 3.05) is 27.9 Å². The van der Waals surface area contributed by atoms with Gasteiger partial charge < -0.3 is 24.2 Å². The van der Waals surface area contributed by atoms with Crippen LogP contribution in [0.3, 0.4) is 0 Å². The van der Waals surface area contributed by atoms with Crippen LogP contribution in [0.25, 0.3) is 0 Å². The van der Waals surface area contributed by atoms with Gasteiger partial charge in [0, 0.05) is 27.2 Å². The Morgan fingerprint density at radius 3 is 2.52 bits per heavy atom. The van der Waals surface area contributed by atoms with Gasteiger partial charge in [-0.05, 0) is 19.3 Å². The molecule has 8 nitrogen and oxygen atoms in total. The van der Waals surface area contributed by atoms with Crippen LogP contribution in [-0.2, 0) is 27.9 Å². The maximum absolute atomic E-state index is 13.1. The highest BCUT2D eigenvalue weighted by molar-refractivity contribution is 7.57. The van der Waals surface area contributed by atoms with Crippen LogP contribution >= 0.6 is 7.60 Å². The van der Waals surface area contributed by atoms with Crippen molar-refractivity contribution in [3.05, 3.63) is 12.2 Å². The molecule has 0 spiro atoms. The van der Waals surface area contributed by atoms with Gasteiger partial charge in [-0.1, -0.05) is 12.2 Å². The van der Waals surface area contributed by atoms with Crippen LogP contribution < -0.4 is 5.32 Å². The summed E-state index contributed by atoms with van der Waals surface area (Å²) in [5.41, 5.74) is 0. The summed E-state index contributed by atoms with van der Waals surface area (Å²) in [6, 6.07) is -0.888. The van der Waals surface area contributed by atoms with Crippen molar-refractivity contribution >= 4 is 19.5 Å². The smallest absolute Gasteiger partial charge is 0.349 e. The first kappa shape index (κ1) is 19.8. The minimum atomic E-state index is -3.89. The zero-order valence-corrected chi connectivity index (χ0v) is 14.5. The monoisotopic (exact) mass is 349 g/mol. The summed E-state index contributed by atoms with van der Waals surface area (Å²) in [5.74, 6) is -1.14. The van der Waals surface area contributed by atoms with Crippen molar-refractivity contribution in [1.29, 1.82) is 0 Å². The average molecular weight is 349 g/mol. The number of nitrogens with one attached hydrogen (secondary N) is 1. The summed E-state index contributed by atoms with van der Waals surface area (Å²) in [5, 5.41) is 9.82. The van der Waals surface area contributed by atoms with Crippen LogP contribution in [0.2, 0.25) is 0 Å². The van der Waals surface area contributed by atoms with Gasteiger partial charge in [-0.25, -0.2) is 0 Å². The third kappa shape index (κ3) is 3.83. The number of methoxy groups -OCH3 is 1. The summed E-state index contributed by atoms with van der Waals surface area (Å²) < 4.78 is 28.0. The van der Waals surface area contributed by atoms with E-state index in [0.29, 0.717) is 12.8 Å². The molecule has 0 unspecified atom stereocenters. The van der Waals surface area contributed by atoms with E-state index in [1.54, 1.807) is 12.2 Å². The normalized spacial score (nSPS) is 24.3. The lowest BCUT2D eigenvalue weighted by atomic mass is 9.88. The second-order valence-electron chi connectivity index (χ2n) is 5.12. The fourth-order valence-corrected chi connectivity index (χ4v) is 4.74. The van der Waals surface area contributed by atoms with Gasteiger partial charge in [0.25, 0.3) is 0 Å². The molecule has 9 heteroatoms. The van der Waals surface area contributed by atoms with E-state index < -0.39 is 24.8 Å². The molecular formula is C14H24NO7P. The van der Waals surface area contributed by atoms with Gasteiger partial charge in [-0.3, -0.25) is 14.2 Å². The molecule has 1 rings (SSSR count). The molecule has 0 saturated carbocycles. The number of aliphatic hydroxyl groups excluding tert-OH is 1. The maximum atomic E-state index is 13.1. The fourth-order valence-electron chi connectivity index (χ4n) is 2.73. The molecular weight excluding hydrogens is 325 g/mol. The van der Waals surface area contributed by atoms with Crippen LogP contribution in [0.4, 0.5) is 0 Å². The number of hydrogen-bond acceptors (Lipinski definition) is 7. The van der Waals surface area contributed by atoms with Gasteiger partial charge in [0.15, 0.2) is 5.16 Å². The quantitative estimate of drug-likeness (QED) is 0.382.